The van der Waals surface area contributed by atoms with Crippen molar-refractivity contribution in [1.82, 2.24) is 4.90 Å². The number of aliphatic carboxylic acids is 1. The standard InChI is InChI=1S/C13H13Cl2NO3/c1-2-16-11(17)6-10(13(18)19)12(16)7-3-8(14)5-9(15)4-7/h3-5,10,12H,2,6H2,1H3,(H,18,19). The smallest absolute Gasteiger partial charge is 0.309 e. The third kappa shape index (κ3) is 2.69. The molecular weight excluding hydrogens is 289 g/mol. The highest BCUT2D eigenvalue weighted by atomic mass is 35.5. The zero-order valence-electron chi connectivity index (χ0n) is 10.3. The van der Waals surface area contributed by atoms with Crippen molar-refractivity contribution in [2.45, 2.75) is 19.4 Å². The summed E-state index contributed by atoms with van der Waals surface area (Å²) < 4.78 is 0. The van der Waals surface area contributed by atoms with Crippen LogP contribution in [0.2, 0.25) is 10.0 Å². The van der Waals surface area contributed by atoms with E-state index in [0.717, 1.165) is 0 Å². The summed E-state index contributed by atoms with van der Waals surface area (Å²) >= 11 is 11.9. The molecule has 1 aromatic rings. The number of carboxylic acid groups (broad SMARTS) is 1. The normalized spacial score (nSPS) is 22.9. The molecule has 102 valence electrons. The molecule has 1 amide bonds. The lowest BCUT2D eigenvalue weighted by molar-refractivity contribution is -0.142. The fraction of sp³-hybridized carbons (Fsp3) is 0.385. The number of rotatable bonds is 3. The fourth-order valence-corrected chi connectivity index (χ4v) is 3.09. The molecule has 0 bridgehead atoms. The summed E-state index contributed by atoms with van der Waals surface area (Å²) in [5, 5.41) is 10.1. The Morgan fingerprint density at radius 2 is 1.95 bits per heavy atom. The van der Waals surface area contributed by atoms with E-state index in [0.29, 0.717) is 22.2 Å². The molecule has 2 unspecified atom stereocenters. The Hall–Kier alpha value is -1.26. The van der Waals surface area contributed by atoms with Gasteiger partial charge in [0, 0.05) is 23.0 Å². The lowest BCUT2D eigenvalue weighted by atomic mass is 9.94. The second kappa shape index (κ2) is 5.39. The summed E-state index contributed by atoms with van der Waals surface area (Å²) in [4.78, 5) is 24.7. The van der Waals surface area contributed by atoms with Crippen molar-refractivity contribution in [1.29, 1.82) is 0 Å². The summed E-state index contributed by atoms with van der Waals surface area (Å²) in [6.45, 7) is 2.28. The van der Waals surface area contributed by atoms with Gasteiger partial charge in [-0.3, -0.25) is 9.59 Å². The molecule has 1 aliphatic heterocycles. The van der Waals surface area contributed by atoms with Crippen LogP contribution in [0.4, 0.5) is 0 Å². The predicted molar refractivity (Wildman–Crippen MR) is 72.3 cm³/mol. The van der Waals surface area contributed by atoms with Crippen molar-refractivity contribution in [2.24, 2.45) is 5.92 Å². The number of halogens is 2. The van der Waals surface area contributed by atoms with Gasteiger partial charge in [0.05, 0.1) is 12.0 Å². The van der Waals surface area contributed by atoms with Gasteiger partial charge in [0.25, 0.3) is 0 Å². The van der Waals surface area contributed by atoms with Crippen molar-refractivity contribution in [2.75, 3.05) is 6.54 Å². The van der Waals surface area contributed by atoms with Crippen molar-refractivity contribution in [3.8, 4) is 0 Å². The van der Waals surface area contributed by atoms with Crippen LogP contribution in [0.25, 0.3) is 0 Å². The molecule has 1 aromatic carbocycles. The maximum absolute atomic E-state index is 11.9. The van der Waals surface area contributed by atoms with Crippen molar-refractivity contribution >= 4 is 35.1 Å². The van der Waals surface area contributed by atoms with Crippen LogP contribution in [-0.4, -0.2) is 28.4 Å². The number of benzene rings is 1. The first kappa shape index (κ1) is 14.2. The number of amides is 1. The summed E-state index contributed by atoms with van der Waals surface area (Å²) in [6.07, 6.45) is 0.0119. The molecule has 1 fully saturated rings. The highest BCUT2D eigenvalue weighted by molar-refractivity contribution is 6.34. The van der Waals surface area contributed by atoms with Gasteiger partial charge < -0.3 is 10.0 Å². The highest BCUT2D eigenvalue weighted by Crippen LogP contribution is 2.39. The topological polar surface area (TPSA) is 57.6 Å². The maximum atomic E-state index is 11.9. The summed E-state index contributed by atoms with van der Waals surface area (Å²) in [7, 11) is 0. The van der Waals surface area contributed by atoms with Gasteiger partial charge in [-0.05, 0) is 30.7 Å². The van der Waals surface area contributed by atoms with Crippen molar-refractivity contribution < 1.29 is 14.7 Å². The van der Waals surface area contributed by atoms with E-state index in [4.69, 9.17) is 23.2 Å². The molecule has 0 spiro atoms. The van der Waals surface area contributed by atoms with Crippen LogP contribution >= 0.6 is 23.2 Å². The van der Waals surface area contributed by atoms with Crippen LogP contribution in [-0.2, 0) is 9.59 Å². The van der Waals surface area contributed by atoms with E-state index in [2.05, 4.69) is 0 Å². The average molecular weight is 302 g/mol. The molecular formula is C13H13Cl2NO3. The Morgan fingerprint density at radius 1 is 1.37 bits per heavy atom. The molecule has 0 radical (unpaired) electrons. The molecule has 1 N–H and O–H groups in total. The molecule has 2 atom stereocenters. The van der Waals surface area contributed by atoms with Crippen LogP contribution < -0.4 is 0 Å². The zero-order valence-corrected chi connectivity index (χ0v) is 11.8. The van der Waals surface area contributed by atoms with Crippen LogP contribution in [0.15, 0.2) is 18.2 Å². The molecule has 2 rings (SSSR count). The number of hydrogen-bond acceptors (Lipinski definition) is 2. The molecule has 1 aliphatic rings. The average Bonchev–Trinajstić information content (AvgIpc) is 2.64. The molecule has 0 aliphatic carbocycles. The largest absolute Gasteiger partial charge is 0.481 e. The Kier molecular flexibility index (Phi) is 4.02. The lowest BCUT2D eigenvalue weighted by Crippen LogP contribution is -2.30. The third-order valence-corrected chi connectivity index (χ3v) is 3.75. The first-order valence-electron chi connectivity index (χ1n) is 5.92. The predicted octanol–water partition coefficient (Wildman–Crippen LogP) is 2.99. The number of carbonyl (C=O) groups excluding carboxylic acids is 1. The number of carboxylic acids is 1. The van der Waals surface area contributed by atoms with Gasteiger partial charge in [0.2, 0.25) is 5.91 Å². The minimum absolute atomic E-state index is 0.0119. The van der Waals surface area contributed by atoms with Crippen molar-refractivity contribution in [3.63, 3.8) is 0 Å². The second-order valence-corrected chi connectivity index (χ2v) is 5.35. The third-order valence-electron chi connectivity index (χ3n) is 3.32. The van der Waals surface area contributed by atoms with Crippen LogP contribution in [0.5, 0.6) is 0 Å². The Labute approximate surface area is 120 Å². The van der Waals surface area contributed by atoms with Gasteiger partial charge in [-0.15, -0.1) is 0 Å². The fourth-order valence-electron chi connectivity index (χ4n) is 2.54. The van der Waals surface area contributed by atoms with Gasteiger partial charge in [0.15, 0.2) is 0 Å². The van der Waals surface area contributed by atoms with E-state index in [1.807, 2.05) is 6.92 Å². The molecule has 0 aromatic heterocycles. The number of carbonyl (C=O) groups is 2. The molecule has 19 heavy (non-hydrogen) atoms. The van der Waals surface area contributed by atoms with Crippen LogP contribution in [0, 0.1) is 5.92 Å². The van der Waals surface area contributed by atoms with Crippen LogP contribution in [0.1, 0.15) is 24.9 Å². The van der Waals surface area contributed by atoms with Gasteiger partial charge in [-0.2, -0.15) is 0 Å². The minimum Gasteiger partial charge on any atom is -0.481 e. The van der Waals surface area contributed by atoms with Gasteiger partial charge in [-0.1, -0.05) is 23.2 Å². The van der Waals surface area contributed by atoms with Gasteiger partial charge >= 0.3 is 5.97 Å². The van der Waals surface area contributed by atoms with E-state index in [1.165, 1.54) is 0 Å². The quantitative estimate of drug-likeness (QED) is 0.934. The second-order valence-electron chi connectivity index (χ2n) is 4.48. The summed E-state index contributed by atoms with van der Waals surface area (Å²) in [5.41, 5.74) is 0.664. The monoisotopic (exact) mass is 301 g/mol. The van der Waals surface area contributed by atoms with E-state index in [-0.39, 0.29) is 12.3 Å². The van der Waals surface area contributed by atoms with Crippen LogP contribution in [0.3, 0.4) is 0 Å². The molecule has 6 heteroatoms. The van der Waals surface area contributed by atoms with E-state index >= 15 is 0 Å². The first-order chi connectivity index (χ1) is 8.93. The number of likely N-dealkylation sites (tertiary alicyclic amines) is 1. The highest BCUT2D eigenvalue weighted by Gasteiger charge is 2.44. The lowest BCUT2D eigenvalue weighted by Gasteiger charge is -2.26. The van der Waals surface area contributed by atoms with Crippen molar-refractivity contribution in [3.05, 3.63) is 33.8 Å². The SMILES string of the molecule is CCN1C(=O)CC(C(=O)O)C1c1cc(Cl)cc(Cl)c1. The van der Waals surface area contributed by atoms with Gasteiger partial charge in [-0.25, -0.2) is 0 Å². The van der Waals surface area contributed by atoms with E-state index in [1.54, 1.807) is 23.1 Å². The number of hydrogen-bond donors (Lipinski definition) is 1. The summed E-state index contributed by atoms with van der Waals surface area (Å²) in [5.74, 6) is -1.90. The first-order valence-corrected chi connectivity index (χ1v) is 6.68. The Morgan fingerprint density at radius 3 is 2.42 bits per heavy atom. The van der Waals surface area contributed by atoms with E-state index < -0.39 is 17.9 Å². The Bertz CT molecular complexity index is 512. The maximum Gasteiger partial charge on any atom is 0.309 e. The molecule has 4 nitrogen and oxygen atoms in total. The number of nitrogens with zero attached hydrogens (tertiary/aromatic N) is 1. The zero-order chi connectivity index (χ0) is 14.2. The molecule has 1 heterocycles. The summed E-state index contributed by atoms with van der Waals surface area (Å²) in [6, 6.07) is 4.39. The van der Waals surface area contributed by atoms with E-state index in [9.17, 15) is 14.7 Å². The molecule has 0 saturated carbocycles. The Balaban J connectivity index is 2.47. The van der Waals surface area contributed by atoms with Gasteiger partial charge in [0.1, 0.15) is 0 Å². The molecule has 1 saturated heterocycles. The minimum atomic E-state index is -0.981.